The van der Waals surface area contributed by atoms with E-state index < -0.39 is 0 Å². The molecule has 0 saturated heterocycles. The smallest absolute Gasteiger partial charge is 0.159 e. The van der Waals surface area contributed by atoms with Crippen LogP contribution in [0.15, 0.2) is 122 Å². The van der Waals surface area contributed by atoms with E-state index in [4.69, 9.17) is 9.97 Å². The third-order valence-corrected chi connectivity index (χ3v) is 11.4. The molecule has 1 aliphatic carbocycles. The Balaban J connectivity index is 1.01. The number of nitrogens with zero attached hydrogens (tertiary/aromatic N) is 2. The van der Waals surface area contributed by atoms with Gasteiger partial charge in [-0.05, 0) is 92.2 Å². The summed E-state index contributed by atoms with van der Waals surface area (Å²) in [4.78, 5) is 9.59. The number of thiophene rings is 2. The van der Waals surface area contributed by atoms with Crippen molar-refractivity contribution < 1.29 is 0 Å². The van der Waals surface area contributed by atoms with Crippen LogP contribution in [0.4, 0.5) is 0 Å². The van der Waals surface area contributed by atoms with E-state index in [0.717, 1.165) is 28.9 Å². The van der Waals surface area contributed by atoms with Crippen molar-refractivity contribution in [2.45, 2.75) is 6.42 Å². The van der Waals surface area contributed by atoms with Crippen molar-refractivity contribution >= 4 is 73.8 Å². The second kappa shape index (κ2) is 8.81. The maximum Gasteiger partial charge on any atom is 0.159 e. The summed E-state index contributed by atoms with van der Waals surface area (Å²) in [6, 6.07) is 40.1. The Morgan fingerprint density at radius 3 is 1.88 bits per heavy atom. The lowest BCUT2D eigenvalue weighted by Crippen LogP contribution is -1.91. The average Bonchev–Trinajstić information content (AvgIpc) is 3.71. The molecule has 0 fully saturated rings. The highest BCUT2D eigenvalue weighted by Gasteiger charge is 2.19. The lowest BCUT2D eigenvalue weighted by Gasteiger charge is -2.07. The molecule has 3 heterocycles. The quantitative estimate of drug-likeness (QED) is 0.203. The molecule has 0 N–H and O–H groups in total. The zero-order chi connectivity index (χ0) is 28.1. The summed E-state index contributed by atoms with van der Waals surface area (Å²) in [6.07, 6.45) is 4.89. The Morgan fingerprint density at radius 2 is 1.09 bits per heavy atom. The second-order valence-corrected chi connectivity index (χ2v) is 13.6. The predicted molar refractivity (Wildman–Crippen MR) is 184 cm³/mol. The summed E-state index contributed by atoms with van der Waals surface area (Å²) in [7, 11) is 0. The summed E-state index contributed by atoms with van der Waals surface area (Å²) >= 11 is 3.83. The normalized spacial score (nSPS) is 12.6. The minimum absolute atomic E-state index is 0.767. The van der Waals surface area contributed by atoms with Gasteiger partial charge in [0.25, 0.3) is 0 Å². The van der Waals surface area contributed by atoms with Crippen molar-refractivity contribution in [3.05, 3.63) is 133 Å². The number of hydrogen-bond acceptors (Lipinski definition) is 4. The van der Waals surface area contributed by atoms with Gasteiger partial charge in [-0.3, -0.25) is 0 Å². The Morgan fingerprint density at radius 1 is 0.465 bits per heavy atom. The molecule has 0 spiro atoms. The molecule has 9 aromatic rings. The van der Waals surface area contributed by atoms with Gasteiger partial charge in [-0.15, -0.1) is 22.7 Å². The van der Waals surface area contributed by atoms with Crippen LogP contribution in [-0.2, 0) is 6.42 Å². The largest absolute Gasteiger partial charge is 0.236 e. The van der Waals surface area contributed by atoms with Crippen molar-refractivity contribution in [1.29, 1.82) is 0 Å². The van der Waals surface area contributed by atoms with Gasteiger partial charge in [-0.25, -0.2) is 9.97 Å². The van der Waals surface area contributed by atoms with Gasteiger partial charge >= 0.3 is 0 Å². The minimum atomic E-state index is 0.767. The van der Waals surface area contributed by atoms with Crippen LogP contribution < -0.4 is 0 Å². The first-order valence-electron chi connectivity index (χ1n) is 14.5. The van der Waals surface area contributed by atoms with E-state index in [2.05, 4.69) is 109 Å². The number of aromatic nitrogens is 2. The Kier molecular flexibility index (Phi) is 4.84. The topological polar surface area (TPSA) is 25.8 Å². The maximum atomic E-state index is 4.79. The van der Waals surface area contributed by atoms with Gasteiger partial charge in [0.05, 0.1) is 9.40 Å². The van der Waals surface area contributed by atoms with E-state index in [1.54, 1.807) is 0 Å². The lowest BCUT2D eigenvalue weighted by molar-refractivity contribution is 1.17. The van der Waals surface area contributed by atoms with Crippen LogP contribution in [0.5, 0.6) is 0 Å². The Hall–Kier alpha value is -4.90. The third kappa shape index (κ3) is 3.57. The standard InChI is InChI=1S/C39H22N2S2/c1-2-6-23-18-35-33(16-22(23)5-1)37-38(42-35)34-17-25-10-9-24(13-28(25)19-36(34)43-37)30-20-40-39(41-21-30)27-11-12-32-29(15-27)14-26-7-3-4-8-31(26)32/h1-13,15-21H,14H2. The fourth-order valence-corrected chi connectivity index (χ4v) is 9.47. The monoisotopic (exact) mass is 582 g/mol. The minimum Gasteiger partial charge on any atom is -0.236 e. The Bertz CT molecular complexity index is 2590. The maximum absolute atomic E-state index is 4.79. The van der Waals surface area contributed by atoms with Gasteiger partial charge in [-0.1, -0.05) is 72.8 Å². The predicted octanol–water partition coefficient (Wildman–Crippen LogP) is 11.3. The van der Waals surface area contributed by atoms with Gasteiger partial charge in [0.2, 0.25) is 0 Å². The number of fused-ring (bicyclic) bond motifs is 10. The Labute approximate surface area is 255 Å². The summed E-state index contributed by atoms with van der Waals surface area (Å²) in [6.45, 7) is 0. The number of rotatable bonds is 2. The number of hydrogen-bond donors (Lipinski definition) is 0. The van der Waals surface area contributed by atoms with Crippen molar-refractivity contribution in [3.63, 3.8) is 0 Å². The zero-order valence-corrected chi connectivity index (χ0v) is 24.6. The third-order valence-electron chi connectivity index (χ3n) is 8.94. The highest BCUT2D eigenvalue weighted by Crippen LogP contribution is 2.46. The molecule has 43 heavy (non-hydrogen) atoms. The SMILES string of the molecule is c1ccc2c(c1)Cc1cc(-c3ncc(-c4ccc5cc6c(cc5c4)sc4c5cc7ccccc7cc5sc64)cn3)ccc1-2. The van der Waals surface area contributed by atoms with Crippen LogP contribution in [-0.4, -0.2) is 9.97 Å². The summed E-state index contributed by atoms with van der Waals surface area (Å²) in [5.41, 5.74) is 8.65. The zero-order valence-electron chi connectivity index (χ0n) is 23.0. The molecule has 0 radical (unpaired) electrons. The molecule has 0 unspecified atom stereocenters. The van der Waals surface area contributed by atoms with Crippen LogP contribution in [0, 0.1) is 0 Å². The van der Waals surface area contributed by atoms with E-state index in [-0.39, 0.29) is 0 Å². The fraction of sp³-hybridized carbons (Fsp3) is 0.0256. The van der Waals surface area contributed by atoms with E-state index in [1.165, 1.54) is 73.4 Å². The van der Waals surface area contributed by atoms with Gasteiger partial charge < -0.3 is 0 Å². The van der Waals surface area contributed by atoms with E-state index >= 15 is 0 Å². The average molecular weight is 583 g/mol. The van der Waals surface area contributed by atoms with Gasteiger partial charge in [-0.2, -0.15) is 0 Å². The molecular weight excluding hydrogens is 561 g/mol. The van der Waals surface area contributed by atoms with E-state index in [9.17, 15) is 0 Å². The molecule has 3 aromatic heterocycles. The molecule has 4 heteroatoms. The molecule has 1 aliphatic rings. The molecule has 0 amide bonds. The van der Waals surface area contributed by atoms with Crippen LogP contribution >= 0.6 is 22.7 Å². The first-order valence-corrected chi connectivity index (χ1v) is 16.1. The van der Waals surface area contributed by atoms with E-state index in [1.807, 2.05) is 35.1 Å². The van der Waals surface area contributed by atoms with Crippen LogP contribution in [0.1, 0.15) is 11.1 Å². The highest BCUT2D eigenvalue weighted by atomic mass is 32.1. The van der Waals surface area contributed by atoms with Crippen LogP contribution in [0.3, 0.4) is 0 Å². The molecular formula is C39H22N2S2. The van der Waals surface area contributed by atoms with Crippen molar-refractivity contribution in [2.24, 2.45) is 0 Å². The molecule has 0 atom stereocenters. The second-order valence-electron chi connectivity index (χ2n) is 11.5. The fourth-order valence-electron chi connectivity index (χ4n) is 6.78. The molecule has 0 aliphatic heterocycles. The first-order chi connectivity index (χ1) is 21.2. The van der Waals surface area contributed by atoms with Crippen molar-refractivity contribution in [1.82, 2.24) is 9.97 Å². The lowest BCUT2D eigenvalue weighted by atomic mass is 10.0. The molecule has 0 saturated carbocycles. The molecule has 6 aromatic carbocycles. The molecule has 0 bridgehead atoms. The van der Waals surface area contributed by atoms with Crippen LogP contribution in [0.25, 0.3) is 84.8 Å². The molecule has 200 valence electrons. The van der Waals surface area contributed by atoms with Crippen molar-refractivity contribution in [2.75, 3.05) is 0 Å². The molecule has 2 nitrogen and oxygen atoms in total. The van der Waals surface area contributed by atoms with E-state index in [0.29, 0.717) is 0 Å². The van der Waals surface area contributed by atoms with Gasteiger partial charge in [0.15, 0.2) is 5.82 Å². The molecule has 10 rings (SSSR count). The first kappa shape index (κ1) is 23.6. The van der Waals surface area contributed by atoms with Crippen LogP contribution in [0.2, 0.25) is 0 Å². The number of benzene rings is 6. The van der Waals surface area contributed by atoms with Gasteiger partial charge in [0, 0.05) is 43.7 Å². The highest BCUT2D eigenvalue weighted by molar-refractivity contribution is 7.36. The summed E-state index contributed by atoms with van der Waals surface area (Å²) in [5, 5.41) is 7.84. The summed E-state index contributed by atoms with van der Waals surface area (Å²) in [5.74, 6) is 0.767. The summed E-state index contributed by atoms with van der Waals surface area (Å²) < 4.78 is 5.50. The van der Waals surface area contributed by atoms with Crippen molar-refractivity contribution in [3.8, 4) is 33.6 Å². The van der Waals surface area contributed by atoms with Gasteiger partial charge in [0.1, 0.15) is 0 Å².